The molecule has 2 rings (SSSR count). The lowest BCUT2D eigenvalue weighted by Crippen LogP contribution is -1.97. The molecule has 0 bridgehead atoms. The lowest BCUT2D eigenvalue weighted by Gasteiger charge is -1.88. The third-order valence-corrected chi connectivity index (χ3v) is 2.40. The molecule has 0 aliphatic carbocycles. The number of aromatic nitrogens is 1. The van der Waals surface area contributed by atoms with E-state index in [1.807, 2.05) is 11.4 Å². The molecule has 2 heterocycles. The number of hydrogen-bond donors (Lipinski definition) is 1. The fraction of sp³-hybridized carbons (Fsp3) is 0.250. The van der Waals surface area contributed by atoms with E-state index in [2.05, 4.69) is 4.98 Å². The van der Waals surface area contributed by atoms with Gasteiger partial charge in [-0.2, -0.15) is 0 Å². The summed E-state index contributed by atoms with van der Waals surface area (Å²) in [5, 5.41) is 10.3. The van der Waals surface area contributed by atoms with E-state index in [0.717, 1.165) is 10.4 Å². The molecule has 0 aliphatic heterocycles. The standard InChI is InChI=1S/C8H7NO3S/c10-7(11)2-1-6-9-5-3-4-13-8(5)12-6/h3-4H,1-2H2,(H,10,11). The van der Waals surface area contributed by atoms with Gasteiger partial charge in [-0.25, -0.2) is 4.98 Å². The van der Waals surface area contributed by atoms with Crippen molar-refractivity contribution in [2.24, 2.45) is 0 Å². The smallest absolute Gasteiger partial charge is 0.303 e. The highest BCUT2D eigenvalue weighted by molar-refractivity contribution is 7.16. The summed E-state index contributed by atoms with van der Waals surface area (Å²) >= 11 is 1.47. The van der Waals surface area contributed by atoms with E-state index in [9.17, 15) is 4.79 Å². The third-order valence-electron chi connectivity index (χ3n) is 1.62. The van der Waals surface area contributed by atoms with Crippen LogP contribution in [0.5, 0.6) is 0 Å². The van der Waals surface area contributed by atoms with Gasteiger partial charge in [0.1, 0.15) is 5.52 Å². The predicted molar refractivity (Wildman–Crippen MR) is 47.8 cm³/mol. The van der Waals surface area contributed by atoms with Crippen LogP contribution >= 0.6 is 11.3 Å². The first-order valence-corrected chi connectivity index (χ1v) is 4.68. The Kier molecular flexibility index (Phi) is 2.02. The van der Waals surface area contributed by atoms with Crippen molar-refractivity contribution in [3.63, 3.8) is 0 Å². The number of carboxylic acid groups (broad SMARTS) is 1. The molecule has 0 unspecified atom stereocenters. The van der Waals surface area contributed by atoms with Crippen LogP contribution in [0.2, 0.25) is 0 Å². The Labute approximate surface area is 77.8 Å². The molecule has 13 heavy (non-hydrogen) atoms. The molecule has 4 nitrogen and oxygen atoms in total. The number of carboxylic acids is 1. The number of rotatable bonds is 3. The molecule has 68 valence electrons. The summed E-state index contributed by atoms with van der Waals surface area (Å²) in [4.78, 5) is 15.1. The van der Waals surface area contributed by atoms with Crippen molar-refractivity contribution in [3.8, 4) is 0 Å². The Morgan fingerprint density at radius 3 is 3.23 bits per heavy atom. The fourth-order valence-electron chi connectivity index (χ4n) is 1.03. The number of oxazole rings is 1. The molecule has 2 aromatic rings. The zero-order valence-electron chi connectivity index (χ0n) is 6.69. The van der Waals surface area contributed by atoms with Crippen LogP contribution in [0.3, 0.4) is 0 Å². The van der Waals surface area contributed by atoms with Gasteiger partial charge in [0.25, 0.3) is 0 Å². The van der Waals surface area contributed by atoms with Crippen molar-refractivity contribution in [2.45, 2.75) is 12.8 Å². The summed E-state index contributed by atoms with van der Waals surface area (Å²) in [5.74, 6) is -0.328. The second-order valence-electron chi connectivity index (χ2n) is 2.59. The van der Waals surface area contributed by atoms with Gasteiger partial charge in [-0.3, -0.25) is 4.79 Å². The lowest BCUT2D eigenvalue weighted by atomic mass is 10.3. The zero-order chi connectivity index (χ0) is 9.26. The minimum atomic E-state index is -0.832. The molecule has 1 N–H and O–H groups in total. The normalized spacial score (nSPS) is 10.8. The van der Waals surface area contributed by atoms with Gasteiger partial charge < -0.3 is 9.52 Å². The van der Waals surface area contributed by atoms with Gasteiger partial charge in [0.2, 0.25) is 4.90 Å². The van der Waals surface area contributed by atoms with Gasteiger partial charge in [0.15, 0.2) is 5.89 Å². The molecule has 0 aromatic carbocycles. The van der Waals surface area contributed by atoms with Crippen LogP contribution in [-0.2, 0) is 11.2 Å². The summed E-state index contributed by atoms with van der Waals surface area (Å²) in [5.41, 5.74) is 0.811. The molecular formula is C8H7NO3S. The van der Waals surface area contributed by atoms with Crippen molar-refractivity contribution in [2.75, 3.05) is 0 Å². The largest absolute Gasteiger partial charge is 0.481 e. The zero-order valence-corrected chi connectivity index (χ0v) is 7.50. The lowest BCUT2D eigenvalue weighted by molar-refractivity contribution is -0.137. The number of carbonyl (C=O) groups is 1. The quantitative estimate of drug-likeness (QED) is 0.816. The predicted octanol–water partition coefficient (Wildman–Crippen LogP) is 1.91. The molecule has 0 fully saturated rings. The van der Waals surface area contributed by atoms with Crippen LogP contribution < -0.4 is 0 Å². The summed E-state index contributed by atoms with van der Waals surface area (Å²) in [6.45, 7) is 0. The van der Waals surface area contributed by atoms with Crippen LogP contribution in [0.4, 0.5) is 0 Å². The van der Waals surface area contributed by atoms with Gasteiger partial charge in [-0.1, -0.05) is 0 Å². The molecule has 0 saturated carbocycles. The van der Waals surface area contributed by atoms with E-state index in [1.165, 1.54) is 11.3 Å². The number of aryl methyl sites for hydroxylation is 1. The number of fused-ring (bicyclic) bond motifs is 1. The first-order chi connectivity index (χ1) is 6.25. The Balaban J connectivity index is 2.15. The van der Waals surface area contributed by atoms with Gasteiger partial charge in [0, 0.05) is 6.42 Å². The maximum Gasteiger partial charge on any atom is 0.303 e. The number of nitrogens with zero attached hydrogens (tertiary/aromatic N) is 1. The van der Waals surface area contributed by atoms with Gasteiger partial charge in [0.05, 0.1) is 6.42 Å². The van der Waals surface area contributed by atoms with Crippen LogP contribution in [0.1, 0.15) is 12.3 Å². The Hall–Kier alpha value is -1.36. The van der Waals surface area contributed by atoms with E-state index in [4.69, 9.17) is 9.52 Å². The average Bonchev–Trinajstić information content (AvgIpc) is 2.58. The summed E-state index contributed by atoms with van der Waals surface area (Å²) in [6, 6.07) is 1.85. The minimum Gasteiger partial charge on any atom is -0.481 e. The SMILES string of the molecule is O=C(O)CCc1nc2ccsc2o1. The number of hydrogen-bond acceptors (Lipinski definition) is 4. The van der Waals surface area contributed by atoms with Crippen LogP contribution in [0.25, 0.3) is 10.4 Å². The first-order valence-electron chi connectivity index (χ1n) is 3.80. The van der Waals surface area contributed by atoms with Crippen molar-refractivity contribution in [1.29, 1.82) is 0 Å². The topological polar surface area (TPSA) is 63.3 Å². The molecule has 0 aliphatic rings. The molecule has 0 atom stereocenters. The van der Waals surface area contributed by atoms with Gasteiger partial charge >= 0.3 is 5.97 Å². The highest BCUT2D eigenvalue weighted by atomic mass is 32.1. The summed E-state index contributed by atoms with van der Waals surface area (Å²) < 4.78 is 5.30. The third kappa shape index (κ3) is 1.70. The van der Waals surface area contributed by atoms with E-state index in [0.29, 0.717) is 12.3 Å². The van der Waals surface area contributed by atoms with Crippen LogP contribution in [0.15, 0.2) is 15.9 Å². The molecule has 0 radical (unpaired) electrons. The molecule has 0 amide bonds. The van der Waals surface area contributed by atoms with Crippen LogP contribution in [0, 0.1) is 0 Å². The van der Waals surface area contributed by atoms with Crippen LogP contribution in [-0.4, -0.2) is 16.1 Å². The Bertz CT molecular complexity index is 403. The molecule has 0 saturated heterocycles. The minimum absolute atomic E-state index is 0.0633. The monoisotopic (exact) mass is 197 g/mol. The summed E-state index contributed by atoms with van der Waals surface area (Å²) in [6.07, 6.45) is 0.421. The van der Waals surface area contributed by atoms with Crippen molar-refractivity contribution in [1.82, 2.24) is 4.98 Å². The maximum absolute atomic E-state index is 10.3. The second-order valence-corrected chi connectivity index (χ2v) is 3.47. The van der Waals surface area contributed by atoms with E-state index in [1.54, 1.807) is 0 Å². The van der Waals surface area contributed by atoms with Crippen molar-refractivity contribution in [3.05, 3.63) is 17.3 Å². The second kappa shape index (κ2) is 3.18. The molecule has 2 aromatic heterocycles. The van der Waals surface area contributed by atoms with Gasteiger partial charge in [-0.05, 0) is 11.4 Å². The Morgan fingerprint density at radius 2 is 2.54 bits per heavy atom. The highest BCUT2D eigenvalue weighted by Gasteiger charge is 2.07. The highest BCUT2D eigenvalue weighted by Crippen LogP contribution is 2.21. The first kappa shape index (κ1) is 8.25. The van der Waals surface area contributed by atoms with E-state index >= 15 is 0 Å². The number of aliphatic carboxylic acids is 1. The molecular weight excluding hydrogens is 190 g/mol. The van der Waals surface area contributed by atoms with E-state index in [-0.39, 0.29) is 6.42 Å². The molecule has 5 heteroatoms. The van der Waals surface area contributed by atoms with Gasteiger partial charge in [-0.15, -0.1) is 11.3 Å². The van der Waals surface area contributed by atoms with E-state index < -0.39 is 5.97 Å². The summed E-state index contributed by atoms with van der Waals surface area (Å²) in [7, 11) is 0. The molecule has 0 spiro atoms. The fourth-order valence-corrected chi connectivity index (χ4v) is 1.73. The van der Waals surface area contributed by atoms with Crippen molar-refractivity contribution >= 4 is 27.7 Å². The number of thiophene rings is 1. The maximum atomic E-state index is 10.3. The average molecular weight is 197 g/mol. The van der Waals surface area contributed by atoms with Crippen molar-refractivity contribution < 1.29 is 14.3 Å². The Morgan fingerprint density at radius 1 is 1.69 bits per heavy atom.